The average molecular weight is 866 g/mol. The Morgan fingerprint density at radius 3 is 1.43 bits per heavy atom. The summed E-state index contributed by atoms with van der Waals surface area (Å²) in [4.78, 5) is 23.2. The number of unbranched alkanes of at least 4 members (excludes halogenated alkanes) is 26. The second kappa shape index (κ2) is 42.7. The van der Waals surface area contributed by atoms with Gasteiger partial charge in [-0.2, -0.15) is 0 Å². The van der Waals surface area contributed by atoms with Crippen LogP contribution < -0.4 is 5.32 Å². The molecule has 352 valence electrons. The molecule has 0 saturated carbocycles. The van der Waals surface area contributed by atoms with Crippen molar-refractivity contribution in [2.45, 2.75) is 231 Å². The lowest BCUT2D eigenvalue weighted by molar-refractivity contribution is -0.870. The smallest absolute Gasteiger partial charge is 0.387 e. The van der Waals surface area contributed by atoms with E-state index < -0.39 is 20.0 Å². The second-order valence-electron chi connectivity index (χ2n) is 18.2. The Hall–Kier alpha value is -1.54. The number of phosphoric acid groups is 1. The SMILES string of the molecule is CCCCCCC/C=C\C/C=C\CCCCCCCCCCCCCC(=O)NC(COP(=O)(O)OCC[N+](C)(C)C)C(O)/C=C/CC/C=C/CCCCCCCCCCC. The molecule has 0 aromatic carbocycles. The van der Waals surface area contributed by atoms with Crippen molar-refractivity contribution < 1.29 is 32.9 Å². The van der Waals surface area contributed by atoms with Crippen molar-refractivity contribution in [3.63, 3.8) is 0 Å². The fourth-order valence-corrected chi connectivity index (χ4v) is 7.76. The van der Waals surface area contributed by atoms with Gasteiger partial charge in [-0.1, -0.05) is 197 Å². The molecule has 0 aliphatic rings. The van der Waals surface area contributed by atoms with E-state index in [2.05, 4.69) is 55.6 Å². The highest BCUT2D eigenvalue weighted by Crippen LogP contribution is 2.43. The van der Waals surface area contributed by atoms with Crippen LogP contribution in [0.15, 0.2) is 48.6 Å². The van der Waals surface area contributed by atoms with Crippen molar-refractivity contribution in [3.8, 4) is 0 Å². The summed E-state index contributed by atoms with van der Waals surface area (Å²) in [6.07, 6.45) is 54.7. The van der Waals surface area contributed by atoms with E-state index in [4.69, 9.17) is 9.05 Å². The van der Waals surface area contributed by atoms with Crippen LogP contribution in [-0.2, 0) is 18.4 Å². The summed E-state index contributed by atoms with van der Waals surface area (Å²) in [5.41, 5.74) is 0. The molecule has 0 radical (unpaired) electrons. The summed E-state index contributed by atoms with van der Waals surface area (Å²) < 4.78 is 23.6. The number of aliphatic hydroxyl groups is 1. The van der Waals surface area contributed by atoms with Crippen molar-refractivity contribution >= 4 is 13.7 Å². The lowest BCUT2D eigenvalue weighted by Gasteiger charge is -2.25. The molecule has 60 heavy (non-hydrogen) atoms. The number of allylic oxidation sites excluding steroid dienone is 7. The predicted octanol–water partition coefficient (Wildman–Crippen LogP) is 14.4. The Morgan fingerprint density at radius 1 is 0.567 bits per heavy atom. The number of hydrogen-bond acceptors (Lipinski definition) is 5. The number of likely N-dealkylation sites (N-methyl/N-ethyl adjacent to an activating group) is 1. The highest BCUT2D eigenvalue weighted by molar-refractivity contribution is 7.47. The molecular formula is C51H98N2O6P+. The van der Waals surface area contributed by atoms with E-state index in [9.17, 15) is 19.4 Å². The van der Waals surface area contributed by atoms with Crippen LogP contribution >= 0.6 is 7.82 Å². The number of phosphoric ester groups is 1. The van der Waals surface area contributed by atoms with Crippen molar-refractivity contribution in [2.24, 2.45) is 0 Å². The van der Waals surface area contributed by atoms with Crippen LogP contribution in [-0.4, -0.2) is 73.4 Å². The van der Waals surface area contributed by atoms with Gasteiger partial charge in [0.25, 0.3) is 0 Å². The zero-order valence-electron chi connectivity index (χ0n) is 39.9. The third-order valence-electron chi connectivity index (χ3n) is 11.0. The van der Waals surface area contributed by atoms with Gasteiger partial charge in [0.15, 0.2) is 0 Å². The number of carbonyl (C=O) groups is 1. The Balaban J connectivity index is 4.32. The number of nitrogens with zero attached hydrogens (tertiary/aromatic N) is 1. The molecule has 0 heterocycles. The molecule has 0 aromatic rings. The van der Waals surface area contributed by atoms with Gasteiger partial charge < -0.3 is 19.8 Å². The van der Waals surface area contributed by atoms with Gasteiger partial charge in [-0.25, -0.2) is 4.57 Å². The average Bonchev–Trinajstić information content (AvgIpc) is 3.20. The van der Waals surface area contributed by atoms with Gasteiger partial charge >= 0.3 is 7.82 Å². The molecule has 3 atom stereocenters. The molecule has 0 spiro atoms. The minimum absolute atomic E-state index is 0.0550. The quantitative estimate of drug-likeness (QED) is 0.0244. The minimum Gasteiger partial charge on any atom is -0.387 e. The van der Waals surface area contributed by atoms with E-state index in [0.29, 0.717) is 17.4 Å². The minimum atomic E-state index is -4.35. The summed E-state index contributed by atoms with van der Waals surface area (Å²) in [6, 6.07) is -0.864. The Kier molecular flexibility index (Phi) is 41.6. The van der Waals surface area contributed by atoms with Crippen molar-refractivity contribution in [3.05, 3.63) is 48.6 Å². The molecule has 0 saturated heterocycles. The van der Waals surface area contributed by atoms with Gasteiger partial charge in [0, 0.05) is 6.42 Å². The summed E-state index contributed by atoms with van der Waals surface area (Å²) in [5, 5.41) is 13.8. The zero-order chi connectivity index (χ0) is 44.3. The monoisotopic (exact) mass is 866 g/mol. The van der Waals surface area contributed by atoms with E-state index in [1.807, 2.05) is 27.2 Å². The number of aliphatic hydroxyl groups excluding tert-OH is 1. The van der Waals surface area contributed by atoms with Gasteiger partial charge in [0.1, 0.15) is 13.2 Å². The molecule has 0 aliphatic heterocycles. The molecule has 8 nitrogen and oxygen atoms in total. The van der Waals surface area contributed by atoms with E-state index in [-0.39, 0.29) is 19.1 Å². The van der Waals surface area contributed by atoms with E-state index in [0.717, 1.165) is 44.9 Å². The highest BCUT2D eigenvalue weighted by Gasteiger charge is 2.27. The highest BCUT2D eigenvalue weighted by atomic mass is 31.2. The van der Waals surface area contributed by atoms with Gasteiger partial charge in [0.05, 0.1) is 39.9 Å². The standard InChI is InChI=1S/C51H97N2O6P/c1-6-8-10-12-14-16-18-20-22-23-24-25-26-27-28-29-31-33-35-37-39-41-43-45-51(55)52-49(48-59-60(56,57)58-47-46-53(3,4)5)50(54)44-42-40-38-36-34-32-30-21-19-17-15-13-11-9-7-2/h18,20,23-24,34,36,42,44,49-50,54H,6-17,19,21-22,25-33,35,37-41,43,45-48H2,1-5H3,(H-,52,55,56,57)/p+1/b20-18-,24-23-,36-34+,44-42+. The second-order valence-corrected chi connectivity index (χ2v) is 19.6. The number of nitrogens with one attached hydrogen (secondary N) is 1. The number of quaternary nitrogens is 1. The van der Waals surface area contributed by atoms with Gasteiger partial charge in [-0.15, -0.1) is 0 Å². The summed E-state index contributed by atoms with van der Waals surface area (Å²) in [5.74, 6) is -0.190. The first kappa shape index (κ1) is 58.5. The number of hydrogen-bond donors (Lipinski definition) is 3. The molecule has 0 fully saturated rings. The number of amides is 1. The molecule has 1 amide bonds. The molecule has 0 rings (SSSR count). The third kappa shape index (κ3) is 44.5. The summed E-state index contributed by atoms with van der Waals surface area (Å²) in [7, 11) is 1.55. The Labute approximate surface area is 371 Å². The first-order valence-electron chi connectivity index (χ1n) is 25.0. The molecule has 3 N–H and O–H groups in total. The number of carbonyl (C=O) groups excluding carboxylic acids is 1. The predicted molar refractivity (Wildman–Crippen MR) is 258 cm³/mol. The summed E-state index contributed by atoms with van der Waals surface area (Å²) in [6.45, 7) is 4.78. The fourth-order valence-electron chi connectivity index (χ4n) is 7.03. The third-order valence-corrected chi connectivity index (χ3v) is 12.0. The fraction of sp³-hybridized carbons (Fsp3) is 0.824. The largest absolute Gasteiger partial charge is 0.472 e. The van der Waals surface area contributed by atoms with Gasteiger partial charge in [-0.05, 0) is 64.2 Å². The van der Waals surface area contributed by atoms with Crippen molar-refractivity contribution in [1.82, 2.24) is 5.32 Å². The van der Waals surface area contributed by atoms with Crippen LogP contribution in [0.5, 0.6) is 0 Å². The molecule has 0 aliphatic carbocycles. The van der Waals surface area contributed by atoms with Crippen LogP contribution in [0.4, 0.5) is 0 Å². The topological polar surface area (TPSA) is 105 Å². The van der Waals surface area contributed by atoms with Crippen LogP contribution in [0.1, 0.15) is 219 Å². The first-order chi connectivity index (χ1) is 29.0. The molecule has 0 aromatic heterocycles. The van der Waals surface area contributed by atoms with E-state index in [1.54, 1.807) is 6.08 Å². The van der Waals surface area contributed by atoms with Crippen LogP contribution in [0.2, 0.25) is 0 Å². The number of rotatable bonds is 45. The molecular weight excluding hydrogens is 768 g/mol. The van der Waals surface area contributed by atoms with Crippen LogP contribution in [0, 0.1) is 0 Å². The van der Waals surface area contributed by atoms with Crippen molar-refractivity contribution in [2.75, 3.05) is 40.9 Å². The van der Waals surface area contributed by atoms with Gasteiger partial charge in [0.2, 0.25) is 5.91 Å². The zero-order valence-corrected chi connectivity index (χ0v) is 40.8. The Bertz CT molecular complexity index is 1120. The van der Waals surface area contributed by atoms with E-state index in [1.165, 1.54) is 154 Å². The molecule has 3 unspecified atom stereocenters. The first-order valence-corrected chi connectivity index (χ1v) is 26.5. The van der Waals surface area contributed by atoms with Crippen LogP contribution in [0.3, 0.4) is 0 Å². The maximum absolute atomic E-state index is 12.9. The Morgan fingerprint density at radius 2 is 0.967 bits per heavy atom. The molecule has 0 bridgehead atoms. The van der Waals surface area contributed by atoms with Crippen molar-refractivity contribution in [1.29, 1.82) is 0 Å². The molecule has 9 heteroatoms. The normalized spacial score (nSPS) is 14.6. The van der Waals surface area contributed by atoms with E-state index >= 15 is 0 Å². The maximum Gasteiger partial charge on any atom is 0.472 e. The van der Waals surface area contributed by atoms with Gasteiger partial charge in [-0.3, -0.25) is 13.8 Å². The van der Waals surface area contributed by atoms with Crippen LogP contribution in [0.25, 0.3) is 0 Å². The lowest BCUT2D eigenvalue weighted by Crippen LogP contribution is -2.45. The maximum atomic E-state index is 12.9. The lowest BCUT2D eigenvalue weighted by atomic mass is 10.0. The summed E-state index contributed by atoms with van der Waals surface area (Å²) >= 11 is 0.